The second-order valence-corrected chi connectivity index (χ2v) is 6.76. The lowest BCUT2D eigenvalue weighted by Crippen LogP contribution is -2.47. The average Bonchev–Trinajstić information content (AvgIpc) is 2.73. The number of anilines is 2. The van der Waals surface area contributed by atoms with Crippen LogP contribution in [0.1, 0.15) is 37.0 Å². The van der Waals surface area contributed by atoms with E-state index in [1.807, 2.05) is 0 Å². The fraction of sp³-hybridized carbons (Fsp3) is 0.318. The maximum atomic E-state index is 12.8. The average molecular weight is 396 g/mol. The lowest BCUT2D eigenvalue weighted by Gasteiger charge is -2.30. The van der Waals surface area contributed by atoms with E-state index in [0.29, 0.717) is 29.3 Å². The summed E-state index contributed by atoms with van der Waals surface area (Å²) in [5.41, 5.74) is 1.45. The number of amides is 2. The van der Waals surface area contributed by atoms with Gasteiger partial charge in [0, 0.05) is 0 Å². The highest BCUT2D eigenvalue weighted by molar-refractivity contribution is 6.11. The molecule has 1 aliphatic heterocycles. The van der Waals surface area contributed by atoms with Gasteiger partial charge >= 0.3 is 5.97 Å². The van der Waals surface area contributed by atoms with Crippen molar-refractivity contribution in [1.82, 2.24) is 0 Å². The van der Waals surface area contributed by atoms with Crippen molar-refractivity contribution in [2.24, 2.45) is 0 Å². The van der Waals surface area contributed by atoms with Gasteiger partial charge in [0.05, 0.1) is 23.5 Å². The molecule has 0 spiro atoms. The van der Waals surface area contributed by atoms with Crippen LogP contribution in [0.2, 0.25) is 0 Å². The summed E-state index contributed by atoms with van der Waals surface area (Å²) in [7, 11) is 0. The number of hydrogen-bond donors (Lipinski definition) is 1. The number of hydrogen-bond acceptors (Lipinski definition) is 5. The third-order valence-electron chi connectivity index (χ3n) is 4.52. The number of ether oxygens (including phenoxy) is 2. The van der Waals surface area contributed by atoms with Crippen molar-refractivity contribution >= 4 is 29.2 Å². The van der Waals surface area contributed by atoms with Gasteiger partial charge in [0.15, 0.2) is 6.10 Å². The minimum Gasteiger partial charge on any atom is -0.494 e. The molecular weight excluding hydrogens is 372 g/mol. The van der Waals surface area contributed by atoms with Crippen LogP contribution < -0.4 is 15.0 Å². The van der Waals surface area contributed by atoms with Gasteiger partial charge in [-0.2, -0.15) is 0 Å². The first-order valence-corrected chi connectivity index (χ1v) is 9.63. The van der Waals surface area contributed by atoms with E-state index in [0.717, 1.165) is 12.8 Å². The van der Waals surface area contributed by atoms with Gasteiger partial charge in [-0.05, 0) is 49.7 Å². The smallest absolute Gasteiger partial charge is 0.338 e. The van der Waals surface area contributed by atoms with Crippen LogP contribution in [-0.2, 0) is 14.3 Å². The molecule has 1 atom stereocenters. The molecule has 7 nitrogen and oxygen atoms in total. The van der Waals surface area contributed by atoms with Gasteiger partial charge in [0.2, 0.25) is 5.91 Å². The molecule has 0 aromatic heterocycles. The Morgan fingerprint density at radius 3 is 2.59 bits per heavy atom. The van der Waals surface area contributed by atoms with E-state index in [2.05, 4.69) is 12.2 Å². The quantitative estimate of drug-likeness (QED) is 0.573. The summed E-state index contributed by atoms with van der Waals surface area (Å²) in [5.74, 6) is -0.690. The number of para-hydroxylation sites is 2. The third-order valence-corrected chi connectivity index (χ3v) is 4.52. The first kappa shape index (κ1) is 20.4. The topological polar surface area (TPSA) is 84.9 Å². The summed E-state index contributed by atoms with van der Waals surface area (Å²) in [4.78, 5) is 38.5. The predicted octanol–water partition coefficient (Wildman–Crippen LogP) is 3.40. The molecule has 2 aromatic carbocycles. The number of fused-ring (bicyclic) bond motifs is 1. The second kappa shape index (κ2) is 9.23. The van der Waals surface area contributed by atoms with Crippen molar-refractivity contribution in [3.63, 3.8) is 0 Å². The van der Waals surface area contributed by atoms with Gasteiger partial charge < -0.3 is 14.8 Å². The number of benzene rings is 2. The van der Waals surface area contributed by atoms with E-state index in [4.69, 9.17) is 9.47 Å². The molecule has 0 saturated heterocycles. The van der Waals surface area contributed by atoms with Crippen LogP contribution in [0.15, 0.2) is 48.5 Å². The van der Waals surface area contributed by atoms with Gasteiger partial charge in [-0.15, -0.1) is 0 Å². The molecule has 1 heterocycles. The molecule has 1 unspecified atom stereocenters. The number of carbonyl (C=O) groups excluding carboxylic acids is 3. The zero-order valence-corrected chi connectivity index (χ0v) is 16.5. The van der Waals surface area contributed by atoms with E-state index >= 15 is 0 Å². The standard InChI is InChI=1S/C22H24N2O5/c1-3-4-13-28-17-11-9-16(10-12-17)22(27)29-15(2)21(26)24-14-20(25)23-18-7-5-6-8-19(18)24/h5-12,15H,3-4,13-14H2,1-2H3,(H,23,25). The van der Waals surface area contributed by atoms with Gasteiger partial charge in [-0.1, -0.05) is 25.5 Å². The summed E-state index contributed by atoms with van der Waals surface area (Å²) >= 11 is 0. The summed E-state index contributed by atoms with van der Waals surface area (Å²) in [6.07, 6.45) is 0.961. The van der Waals surface area contributed by atoms with Gasteiger partial charge in [0.1, 0.15) is 12.3 Å². The van der Waals surface area contributed by atoms with Crippen molar-refractivity contribution in [3.8, 4) is 5.75 Å². The van der Waals surface area contributed by atoms with Crippen molar-refractivity contribution < 1.29 is 23.9 Å². The van der Waals surface area contributed by atoms with Gasteiger partial charge in [-0.25, -0.2) is 4.79 Å². The molecule has 0 bridgehead atoms. The third kappa shape index (κ3) is 4.93. The molecule has 0 fully saturated rings. The van der Waals surface area contributed by atoms with Crippen LogP contribution in [0.4, 0.5) is 11.4 Å². The molecule has 29 heavy (non-hydrogen) atoms. The van der Waals surface area contributed by atoms with Crippen LogP contribution in [0.5, 0.6) is 5.75 Å². The maximum Gasteiger partial charge on any atom is 0.338 e. The Hall–Kier alpha value is -3.35. The SMILES string of the molecule is CCCCOc1ccc(C(=O)OC(C)C(=O)N2CC(=O)Nc3ccccc32)cc1. The zero-order valence-electron chi connectivity index (χ0n) is 16.5. The van der Waals surface area contributed by atoms with Crippen LogP contribution in [0.25, 0.3) is 0 Å². The maximum absolute atomic E-state index is 12.8. The van der Waals surface area contributed by atoms with Crippen LogP contribution in [0.3, 0.4) is 0 Å². The largest absolute Gasteiger partial charge is 0.494 e. The van der Waals surface area contributed by atoms with Crippen molar-refractivity contribution in [1.29, 1.82) is 0 Å². The zero-order chi connectivity index (χ0) is 20.8. The minimum atomic E-state index is -1.04. The molecule has 7 heteroatoms. The Balaban J connectivity index is 1.64. The molecule has 1 N–H and O–H groups in total. The molecule has 1 aliphatic rings. The van der Waals surface area contributed by atoms with E-state index < -0.39 is 18.0 Å². The number of nitrogens with zero attached hydrogens (tertiary/aromatic N) is 1. The van der Waals surface area contributed by atoms with Crippen LogP contribution in [0, 0.1) is 0 Å². The predicted molar refractivity (Wildman–Crippen MR) is 109 cm³/mol. The number of rotatable bonds is 7. The number of esters is 1. The molecule has 2 aromatic rings. The van der Waals surface area contributed by atoms with E-state index in [1.165, 1.54) is 11.8 Å². The Morgan fingerprint density at radius 2 is 1.86 bits per heavy atom. The molecule has 3 rings (SSSR count). The van der Waals surface area contributed by atoms with Crippen molar-refractivity contribution in [2.45, 2.75) is 32.8 Å². The minimum absolute atomic E-state index is 0.123. The first-order valence-electron chi connectivity index (χ1n) is 9.63. The van der Waals surface area contributed by atoms with Gasteiger partial charge in [0.25, 0.3) is 5.91 Å². The number of unbranched alkanes of at least 4 members (excludes halogenated alkanes) is 1. The van der Waals surface area contributed by atoms with Gasteiger partial charge in [-0.3, -0.25) is 14.5 Å². The Morgan fingerprint density at radius 1 is 1.14 bits per heavy atom. The molecular formula is C22H24N2O5. The lowest BCUT2D eigenvalue weighted by molar-refractivity contribution is -0.128. The Kier molecular flexibility index (Phi) is 6.49. The molecule has 0 radical (unpaired) electrons. The van der Waals surface area contributed by atoms with Crippen LogP contribution >= 0.6 is 0 Å². The fourth-order valence-corrected chi connectivity index (χ4v) is 2.95. The van der Waals surface area contributed by atoms with E-state index in [1.54, 1.807) is 48.5 Å². The molecule has 152 valence electrons. The number of carbonyl (C=O) groups is 3. The normalized spacial score (nSPS) is 13.9. The second-order valence-electron chi connectivity index (χ2n) is 6.76. The fourth-order valence-electron chi connectivity index (χ4n) is 2.95. The first-order chi connectivity index (χ1) is 14.0. The summed E-state index contributed by atoms with van der Waals surface area (Å²) in [5, 5.41) is 2.72. The van der Waals surface area contributed by atoms with Crippen molar-refractivity contribution in [2.75, 3.05) is 23.4 Å². The Bertz CT molecular complexity index is 894. The van der Waals surface area contributed by atoms with Crippen LogP contribution in [-0.4, -0.2) is 37.0 Å². The molecule has 0 aliphatic carbocycles. The lowest BCUT2D eigenvalue weighted by atomic mass is 10.1. The van der Waals surface area contributed by atoms with E-state index in [9.17, 15) is 14.4 Å². The highest BCUT2D eigenvalue weighted by Gasteiger charge is 2.31. The summed E-state index contributed by atoms with van der Waals surface area (Å²) in [6, 6.07) is 13.6. The highest BCUT2D eigenvalue weighted by atomic mass is 16.5. The Labute approximate surface area is 169 Å². The highest BCUT2D eigenvalue weighted by Crippen LogP contribution is 2.29. The summed E-state index contributed by atoms with van der Waals surface area (Å²) < 4.78 is 10.9. The van der Waals surface area contributed by atoms with E-state index in [-0.39, 0.29) is 12.5 Å². The molecule has 0 saturated carbocycles. The van der Waals surface area contributed by atoms with Crippen molar-refractivity contribution in [3.05, 3.63) is 54.1 Å². The molecule has 2 amide bonds. The number of nitrogens with one attached hydrogen (secondary N) is 1. The monoisotopic (exact) mass is 396 g/mol. The summed E-state index contributed by atoms with van der Waals surface area (Å²) in [6.45, 7) is 4.08.